The molecule has 0 radical (unpaired) electrons. The van der Waals surface area contributed by atoms with Crippen LogP contribution < -0.4 is 10.6 Å². The first-order chi connectivity index (χ1) is 10.1. The Bertz CT molecular complexity index is 815. The summed E-state index contributed by atoms with van der Waals surface area (Å²) in [5, 5.41) is 10.3. The first kappa shape index (κ1) is 13.3. The average molecular weight is 303 g/mol. The average Bonchev–Trinajstić information content (AvgIpc) is 2.86. The molecule has 8 heteroatoms. The smallest absolute Gasteiger partial charge is 0.221 e. The molecule has 0 aliphatic heterocycles. The van der Waals surface area contributed by atoms with Gasteiger partial charge in [-0.05, 0) is 6.07 Å². The van der Waals surface area contributed by atoms with Gasteiger partial charge >= 0.3 is 0 Å². The predicted molar refractivity (Wildman–Crippen MR) is 79.8 cm³/mol. The van der Waals surface area contributed by atoms with Gasteiger partial charge in [-0.1, -0.05) is 11.6 Å². The van der Waals surface area contributed by atoms with Crippen molar-refractivity contribution in [2.24, 2.45) is 0 Å². The lowest BCUT2D eigenvalue weighted by Crippen LogP contribution is -2.07. The third-order valence-corrected chi connectivity index (χ3v) is 2.86. The van der Waals surface area contributed by atoms with Crippen LogP contribution in [-0.4, -0.2) is 25.5 Å². The topological polar surface area (TPSA) is 84.2 Å². The molecule has 1 amide bonds. The van der Waals surface area contributed by atoms with Crippen LogP contribution in [0.2, 0.25) is 5.15 Å². The number of pyridine rings is 1. The third kappa shape index (κ3) is 2.92. The van der Waals surface area contributed by atoms with Crippen LogP contribution in [0.15, 0.2) is 36.7 Å². The molecule has 0 spiro atoms. The highest BCUT2D eigenvalue weighted by Gasteiger charge is 2.07. The van der Waals surface area contributed by atoms with Crippen molar-refractivity contribution in [3.8, 4) is 0 Å². The highest BCUT2D eigenvalue weighted by molar-refractivity contribution is 6.29. The summed E-state index contributed by atoms with van der Waals surface area (Å²) in [5.41, 5.74) is 1.28. The minimum Gasteiger partial charge on any atom is -0.326 e. The molecule has 0 aromatic carbocycles. The Morgan fingerprint density at radius 1 is 1.29 bits per heavy atom. The van der Waals surface area contributed by atoms with E-state index in [1.807, 2.05) is 0 Å². The molecule has 0 fully saturated rings. The molecule has 0 saturated carbocycles. The van der Waals surface area contributed by atoms with Gasteiger partial charge in [0.15, 0.2) is 5.65 Å². The van der Waals surface area contributed by atoms with E-state index in [9.17, 15) is 4.79 Å². The van der Waals surface area contributed by atoms with Crippen molar-refractivity contribution in [2.75, 3.05) is 10.6 Å². The Balaban J connectivity index is 1.95. The van der Waals surface area contributed by atoms with Crippen molar-refractivity contribution in [1.29, 1.82) is 0 Å². The standard InChI is InChI=1S/C13H11ClN6O/c1-8(21)17-9-2-4-15-11(6-9)19-13-7-10(14)18-12-3-5-16-20(12)13/h2-7H,1H3,(H2,15,17,19,21). The molecule has 0 aliphatic carbocycles. The molecule has 7 nitrogen and oxygen atoms in total. The van der Waals surface area contributed by atoms with E-state index in [4.69, 9.17) is 11.6 Å². The van der Waals surface area contributed by atoms with E-state index in [1.165, 1.54) is 6.92 Å². The van der Waals surface area contributed by atoms with Crippen LogP contribution in [0, 0.1) is 0 Å². The number of amides is 1. The van der Waals surface area contributed by atoms with E-state index in [1.54, 1.807) is 41.2 Å². The molecule has 0 aliphatic rings. The van der Waals surface area contributed by atoms with Gasteiger partial charge in [-0.3, -0.25) is 4.79 Å². The molecular weight excluding hydrogens is 292 g/mol. The number of nitrogens with zero attached hydrogens (tertiary/aromatic N) is 4. The predicted octanol–water partition coefficient (Wildman–Crippen LogP) is 2.48. The molecule has 106 valence electrons. The van der Waals surface area contributed by atoms with Crippen LogP contribution in [0.25, 0.3) is 5.65 Å². The molecule has 0 atom stereocenters. The molecule has 3 heterocycles. The zero-order valence-electron chi connectivity index (χ0n) is 11.0. The normalized spacial score (nSPS) is 10.6. The number of aromatic nitrogens is 4. The summed E-state index contributed by atoms with van der Waals surface area (Å²) >= 11 is 5.98. The number of anilines is 3. The van der Waals surface area contributed by atoms with Gasteiger partial charge in [-0.2, -0.15) is 9.61 Å². The number of rotatable bonds is 3. The molecule has 2 N–H and O–H groups in total. The quantitative estimate of drug-likeness (QED) is 0.726. The number of nitrogens with one attached hydrogen (secondary N) is 2. The van der Waals surface area contributed by atoms with Gasteiger partial charge in [0.2, 0.25) is 5.91 Å². The van der Waals surface area contributed by atoms with Crippen LogP contribution in [0.5, 0.6) is 0 Å². The van der Waals surface area contributed by atoms with Gasteiger partial charge < -0.3 is 10.6 Å². The number of carbonyl (C=O) groups excluding carboxylic acids is 1. The van der Waals surface area contributed by atoms with Crippen LogP contribution in [0.4, 0.5) is 17.3 Å². The molecule has 0 unspecified atom stereocenters. The van der Waals surface area contributed by atoms with Gasteiger partial charge in [-0.25, -0.2) is 9.97 Å². The highest BCUT2D eigenvalue weighted by Crippen LogP contribution is 2.20. The highest BCUT2D eigenvalue weighted by atomic mass is 35.5. The molecule has 0 saturated heterocycles. The maximum absolute atomic E-state index is 11.1. The molecule has 0 bridgehead atoms. The first-order valence-electron chi connectivity index (χ1n) is 6.13. The Morgan fingerprint density at radius 3 is 2.95 bits per heavy atom. The lowest BCUT2D eigenvalue weighted by Gasteiger charge is -2.09. The minimum atomic E-state index is -0.145. The summed E-state index contributed by atoms with van der Waals surface area (Å²) in [7, 11) is 0. The SMILES string of the molecule is CC(=O)Nc1ccnc(Nc2cc(Cl)nc3ccnn23)c1. The maximum Gasteiger partial charge on any atom is 0.221 e. The first-order valence-corrected chi connectivity index (χ1v) is 6.50. The lowest BCUT2D eigenvalue weighted by molar-refractivity contribution is -0.114. The monoisotopic (exact) mass is 302 g/mol. The van der Waals surface area contributed by atoms with E-state index in [0.29, 0.717) is 28.1 Å². The fourth-order valence-corrected chi connectivity index (χ4v) is 2.07. The third-order valence-electron chi connectivity index (χ3n) is 2.66. The molecule has 3 aromatic rings. The molecular formula is C13H11ClN6O. The number of halogens is 1. The van der Waals surface area contributed by atoms with Crippen molar-refractivity contribution >= 4 is 40.5 Å². The van der Waals surface area contributed by atoms with Crippen molar-refractivity contribution in [3.05, 3.63) is 41.8 Å². The zero-order valence-corrected chi connectivity index (χ0v) is 11.8. The molecule has 3 rings (SSSR count). The summed E-state index contributed by atoms with van der Waals surface area (Å²) in [6.07, 6.45) is 3.22. The second-order valence-electron chi connectivity index (χ2n) is 4.30. The minimum absolute atomic E-state index is 0.145. The number of hydrogen-bond donors (Lipinski definition) is 2. The van der Waals surface area contributed by atoms with Crippen molar-refractivity contribution in [3.63, 3.8) is 0 Å². The van der Waals surface area contributed by atoms with Gasteiger partial charge in [0, 0.05) is 37.0 Å². The van der Waals surface area contributed by atoms with Gasteiger partial charge in [0.05, 0.1) is 6.20 Å². The second-order valence-corrected chi connectivity index (χ2v) is 4.69. The van der Waals surface area contributed by atoms with E-state index >= 15 is 0 Å². The molecule has 21 heavy (non-hydrogen) atoms. The van der Waals surface area contributed by atoms with Crippen molar-refractivity contribution in [1.82, 2.24) is 19.6 Å². The van der Waals surface area contributed by atoms with Crippen LogP contribution in [0.3, 0.4) is 0 Å². The van der Waals surface area contributed by atoms with E-state index in [-0.39, 0.29) is 5.91 Å². The number of fused-ring (bicyclic) bond motifs is 1. The lowest BCUT2D eigenvalue weighted by atomic mass is 10.3. The van der Waals surface area contributed by atoms with Crippen LogP contribution in [-0.2, 0) is 4.79 Å². The fraction of sp³-hybridized carbons (Fsp3) is 0.0769. The zero-order chi connectivity index (χ0) is 14.8. The summed E-state index contributed by atoms with van der Waals surface area (Å²) in [6.45, 7) is 1.45. The Morgan fingerprint density at radius 2 is 2.14 bits per heavy atom. The second kappa shape index (κ2) is 5.37. The fourth-order valence-electron chi connectivity index (χ4n) is 1.88. The van der Waals surface area contributed by atoms with Crippen LogP contribution >= 0.6 is 11.6 Å². The Kier molecular flexibility index (Phi) is 3.41. The van der Waals surface area contributed by atoms with E-state index in [2.05, 4.69) is 25.7 Å². The number of hydrogen-bond acceptors (Lipinski definition) is 5. The van der Waals surface area contributed by atoms with E-state index in [0.717, 1.165) is 0 Å². The van der Waals surface area contributed by atoms with E-state index < -0.39 is 0 Å². The summed E-state index contributed by atoms with van der Waals surface area (Å²) < 4.78 is 1.61. The number of carbonyl (C=O) groups is 1. The summed E-state index contributed by atoms with van der Waals surface area (Å²) in [4.78, 5) is 19.4. The van der Waals surface area contributed by atoms with Crippen LogP contribution in [0.1, 0.15) is 6.92 Å². The summed E-state index contributed by atoms with van der Waals surface area (Å²) in [6, 6.07) is 6.81. The molecule has 3 aromatic heterocycles. The van der Waals surface area contributed by atoms with Crippen molar-refractivity contribution < 1.29 is 4.79 Å². The Labute approximate surface area is 125 Å². The maximum atomic E-state index is 11.1. The van der Waals surface area contributed by atoms with Gasteiger partial charge in [-0.15, -0.1) is 0 Å². The summed E-state index contributed by atoms with van der Waals surface area (Å²) in [5.74, 6) is 1.04. The Hall–Kier alpha value is -2.67. The largest absolute Gasteiger partial charge is 0.326 e. The van der Waals surface area contributed by atoms with Crippen molar-refractivity contribution in [2.45, 2.75) is 6.92 Å². The van der Waals surface area contributed by atoms with Gasteiger partial charge in [0.25, 0.3) is 0 Å². The van der Waals surface area contributed by atoms with Gasteiger partial charge in [0.1, 0.15) is 16.8 Å².